The van der Waals surface area contributed by atoms with Gasteiger partial charge in [-0.3, -0.25) is 9.59 Å². The Hall–Kier alpha value is -3.59. The highest BCUT2D eigenvalue weighted by atomic mass is 79.9. The normalized spacial score (nSPS) is 10.8. The molecule has 1 N–H and O–H groups in total. The van der Waals surface area contributed by atoms with Crippen molar-refractivity contribution in [3.05, 3.63) is 93.1 Å². The van der Waals surface area contributed by atoms with E-state index < -0.39 is 5.56 Å². The first-order valence-electron chi connectivity index (χ1n) is 9.31. The van der Waals surface area contributed by atoms with Crippen LogP contribution in [0.1, 0.15) is 5.56 Å². The van der Waals surface area contributed by atoms with Crippen molar-refractivity contribution in [2.45, 2.75) is 13.1 Å². The molecule has 0 saturated carbocycles. The Morgan fingerprint density at radius 3 is 2.65 bits per heavy atom. The molecular formula is C22H16BrFN4O3. The first-order valence-corrected chi connectivity index (χ1v) is 10.1. The highest BCUT2D eigenvalue weighted by molar-refractivity contribution is 9.10. The molecule has 0 fully saturated rings. The number of nitrogens with one attached hydrogen (secondary N) is 1. The van der Waals surface area contributed by atoms with Gasteiger partial charge in [0.1, 0.15) is 17.9 Å². The zero-order valence-electron chi connectivity index (χ0n) is 16.1. The Bertz CT molecular complexity index is 1280. The first-order chi connectivity index (χ1) is 15.0. The minimum atomic E-state index is -0.437. The quantitative estimate of drug-likeness (QED) is 0.451. The van der Waals surface area contributed by atoms with Gasteiger partial charge in [-0.2, -0.15) is 4.98 Å². The van der Waals surface area contributed by atoms with Gasteiger partial charge < -0.3 is 14.4 Å². The summed E-state index contributed by atoms with van der Waals surface area (Å²) in [6, 6.07) is 16.3. The molecule has 7 nitrogen and oxygen atoms in total. The van der Waals surface area contributed by atoms with Gasteiger partial charge in [-0.15, -0.1) is 0 Å². The van der Waals surface area contributed by atoms with Gasteiger partial charge in [0, 0.05) is 22.8 Å². The fourth-order valence-electron chi connectivity index (χ4n) is 2.92. The third kappa shape index (κ3) is 4.77. The maximum atomic E-state index is 13.1. The summed E-state index contributed by atoms with van der Waals surface area (Å²) < 4.78 is 20.5. The summed E-state index contributed by atoms with van der Waals surface area (Å²) in [5.41, 5.74) is 1.21. The Kier molecular flexibility index (Phi) is 6.03. The van der Waals surface area contributed by atoms with E-state index in [9.17, 15) is 14.0 Å². The summed E-state index contributed by atoms with van der Waals surface area (Å²) >= 11 is 3.43. The molecule has 4 aromatic rings. The number of amides is 1. The van der Waals surface area contributed by atoms with Gasteiger partial charge in [-0.05, 0) is 48.0 Å². The average molecular weight is 483 g/mol. The largest absolute Gasteiger partial charge is 0.350 e. The molecule has 9 heteroatoms. The Labute approximate surface area is 184 Å². The van der Waals surface area contributed by atoms with Crippen LogP contribution < -0.4 is 10.9 Å². The monoisotopic (exact) mass is 482 g/mol. The summed E-state index contributed by atoms with van der Waals surface area (Å²) in [5.74, 6) is -0.438. The van der Waals surface area contributed by atoms with Gasteiger partial charge >= 0.3 is 0 Å². The van der Waals surface area contributed by atoms with Gasteiger partial charge in [0.05, 0.1) is 0 Å². The van der Waals surface area contributed by atoms with Crippen molar-refractivity contribution in [3.8, 4) is 22.8 Å². The van der Waals surface area contributed by atoms with Crippen LogP contribution >= 0.6 is 15.9 Å². The summed E-state index contributed by atoms with van der Waals surface area (Å²) in [6.45, 7) is 0.176. The average Bonchev–Trinajstić information content (AvgIpc) is 3.25. The molecule has 0 saturated heterocycles. The first kappa shape index (κ1) is 20.7. The molecule has 1 amide bonds. The Morgan fingerprint density at radius 1 is 1.10 bits per heavy atom. The number of halogens is 2. The molecule has 2 aromatic heterocycles. The highest BCUT2D eigenvalue weighted by Gasteiger charge is 2.16. The van der Waals surface area contributed by atoms with E-state index in [0.29, 0.717) is 12.1 Å². The molecule has 0 spiro atoms. The molecule has 0 atom stereocenters. The lowest BCUT2D eigenvalue weighted by atomic mass is 10.2. The molecule has 156 valence electrons. The number of hydrogen-bond donors (Lipinski definition) is 1. The number of carbonyl (C=O) groups is 1. The SMILES string of the molecule is O=C(Cn1cccc(-c2nc(-c3ccc(F)cc3)no2)c1=O)NCc1ccccc1Br. The number of benzene rings is 2. The molecule has 0 unspecified atom stereocenters. The molecule has 2 aromatic carbocycles. The zero-order valence-corrected chi connectivity index (χ0v) is 17.7. The Balaban J connectivity index is 1.49. The highest BCUT2D eigenvalue weighted by Crippen LogP contribution is 2.20. The third-order valence-electron chi connectivity index (χ3n) is 4.53. The Morgan fingerprint density at radius 2 is 1.87 bits per heavy atom. The molecule has 0 aliphatic heterocycles. The third-order valence-corrected chi connectivity index (χ3v) is 5.30. The zero-order chi connectivity index (χ0) is 21.8. The minimum Gasteiger partial charge on any atom is -0.350 e. The second-order valence-electron chi connectivity index (χ2n) is 6.65. The van der Waals surface area contributed by atoms with Crippen LogP contribution in [0.15, 0.2) is 80.7 Å². The summed E-state index contributed by atoms with van der Waals surface area (Å²) in [4.78, 5) is 29.4. The molecule has 31 heavy (non-hydrogen) atoms. The van der Waals surface area contributed by atoms with Crippen LogP contribution in [0, 0.1) is 5.82 Å². The molecule has 0 aliphatic rings. The van der Waals surface area contributed by atoms with Crippen molar-refractivity contribution >= 4 is 21.8 Å². The molecule has 0 aliphatic carbocycles. The van der Waals surface area contributed by atoms with E-state index in [4.69, 9.17) is 4.52 Å². The maximum absolute atomic E-state index is 13.1. The lowest BCUT2D eigenvalue weighted by Crippen LogP contribution is -2.32. The standard InChI is InChI=1S/C22H16BrFN4O3/c23-18-6-2-1-4-15(18)12-25-19(29)13-28-11-3-5-17(22(28)30)21-26-20(27-31-21)14-7-9-16(24)10-8-14/h1-11H,12-13H2,(H,25,29). The van der Waals surface area contributed by atoms with Crippen LogP contribution in [-0.4, -0.2) is 20.6 Å². The smallest absolute Gasteiger partial charge is 0.263 e. The molecule has 0 bridgehead atoms. The number of carbonyl (C=O) groups excluding carboxylic acids is 1. The van der Waals surface area contributed by atoms with E-state index in [-0.39, 0.29) is 35.5 Å². The van der Waals surface area contributed by atoms with Crippen LogP contribution in [0.4, 0.5) is 4.39 Å². The van der Waals surface area contributed by atoms with Crippen molar-refractivity contribution in [3.63, 3.8) is 0 Å². The van der Waals surface area contributed by atoms with Gasteiger partial charge in [0.2, 0.25) is 11.7 Å². The fourth-order valence-corrected chi connectivity index (χ4v) is 3.34. The lowest BCUT2D eigenvalue weighted by Gasteiger charge is -2.09. The van der Waals surface area contributed by atoms with Crippen molar-refractivity contribution < 1.29 is 13.7 Å². The summed E-state index contributed by atoms with van der Waals surface area (Å²) in [5, 5.41) is 6.65. The predicted molar refractivity (Wildman–Crippen MR) is 115 cm³/mol. The van der Waals surface area contributed by atoms with E-state index in [2.05, 4.69) is 31.4 Å². The second kappa shape index (κ2) is 9.05. The van der Waals surface area contributed by atoms with Gasteiger partial charge in [0.15, 0.2) is 0 Å². The molecule has 2 heterocycles. The van der Waals surface area contributed by atoms with Crippen LogP contribution in [0.25, 0.3) is 22.8 Å². The van der Waals surface area contributed by atoms with Crippen LogP contribution in [-0.2, 0) is 17.9 Å². The second-order valence-corrected chi connectivity index (χ2v) is 7.51. The summed E-state index contributed by atoms with van der Waals surface area (Å²) in [6.07, 6.45) is 1.51. The predicted octanol–water partition coefficient (Wildman–Crippen LogP) is 3.78. The van der Waals surface area contributed by atoms with E-state index in [1.807, 2.05) is 24.3 Å². The number of hydrogen-bond acceptors (Lipinski definition) is 5. The van der Waals surface area contributed by atoms with E-state index in [1.165, 1.54) is 35.0 Å². The lowest BCUT2D eigenvalue weighted by molar-refractivity contribution is -0.121. The van der Waals surface area contributed by atoms with Gasteiger partial charge in [0.25, 0.3) is 11.4 Å². The van der Waals surface area contributed by atoms with Crippen LogP contribution in [0.2, 0.25) is 0 Å². The van der Waals surface area contributed by atoms with E-state index in [1.54, 1.807) is 12.1 Å². The topological polar surface area (TPSA) is 90.0 Å². The fraction of sp³-hybridized carbons (Fsp3) is 0.0909. The molecule has 4 rings (SSSR count). The molecular weight excluding hydrogens is 467 g/mol. The van der Waals surface area contributed by atoms with Crippen LogP contribution in [0.3, 0.4) is 0 Å². The van der Waals surface area contributed by atoms with Gasteiger partial charge in [-0.1, -0.05) is 39.3 Å². The van der Waals surface area contributed by atoms with E-state index >= 15 is 0 Å². The number of rotatable bonds is 6. The van der Waals surface area contributed by atoms with Gasteiger partial charge in [-0.25, -0.2) is 4.39 Å². The minimum absolute atomic E-state index is 0.0206. The van der Waals surface area contributed by atoms with Crippen molar-refractivity contribution in [2.24, 2.45) is 0 Å². The van der Waals surface area contributed by atoms with Crippen molar-refractivity contribution in [1.29, 1.82) is 0 Å². The molecule has 0 radical (unpaired) electrons. The number of nitrogens with zero attached hydrogens (tertiary/aromatic N) is 3. The van der Waals surface area contributed by atoms with Crippen molar-refractivity contribution in [2.75, 3.05) is 0 Å². The number of pyridine rings is 1. The van der Waals surface area contributed by atoms with E-state index in [0.717, 1.165) is 10.0 Å². The van der Waals surface area contributed by atoms with Crippen molar-refractivity contribution in [1.82, 2.24) is 20.0 Å². The van der Waals surface area contributed by atoms with Crippen LogP contribution in [0.5, 0.6) is 0 Å². The maximum Gasteiger partial charge on any atom is 0.263 e. The number of aromatic nitrogens is 3. The summed E-state index contributed by atoms with van der Waals surface area (Å²) in [7, 11) is 0.